The molecule has 3 N–H and O–H groups in total. The maximum Gasteiger partial charge on any atom is 0.328 e. The van der Waals surface area contributed by atoms with Gasteiger partial charge < -0.3 is 20.7 Å². The Hall–Kier alpha value is -2.27. The Bertz CT molecular complexity index is 856. The van der Waals surface area contributed by atoms with Crippen molar-refractivity contribution in [2.24, 2.45) is 11.7 Å². The summed E-state index contributed by atoms with van der Waals surface area (Å²) in [4.78, 5) is 39.0. The van der Waals surface area contributed by atoms with Crippen molar-refractivity contribution in [2.75, 3.05) is 18.9 Å². The summed E-state index contributed by atoms with van der Waals surface area (Å²) in [5, 5.41) is 1.81. The zero-order chi connectivity index (χ0) is 24.0. The van der Waals surface area contributed by atoms with Gasteiger partial charge in [-0.2, -0.15) is 0 Å². The smallest absolute Gasteiger partial charge is 0.328 e. The number of nitrogens with two attached hydrogens (primary N) is 1. The predicted molar refractivity (Wildman–Crippen MR) is 114 cm³/mol. The lowest BCUT2D eigenvalue weighted by molar-refractivity contribution is -0.149. The number of benzene rings is 1. The average molecular weight is 476 g/mol. The molecule has 1 aromatic carbocycles. The number of halogens is 3. The number of nitrogens with zero attached hydrogens (tertiary/aromatic N) is 1. The van der Waals surface area contributed by atoms with Gasteiger partial charge in [0.05, 0.1) is 6.61 Å². The topological polar surface area (TPSA) is 102 Å². The van der Waals surface area contributed by atoms with Crippen LogP contribution in [0.15, 0.2) is 12.1 Å². The first-order valence-corrected chi connectivity index (χ1v) is 11.4. The molecule has 3 atom stereocenters. The molecule has 1 saturated heterocycles. The SMILES string of the molecule is CCOC(=O)C(NC(=O)[C@@H]1SCCN1C(=O)C[C@H](N)Cc1cc(F)c(F)cc1F)C(C)C. The molecule has 1 aliphatic rings. The molecule has 2 amide bonds. The Morgan fingerprint density at radius 3 is 2.50 bits per heavy atom. The number of carbonyl (C=O) groups is 3. The van der Waals surface area contributed by atoms with Gasteiger partial charge in [-0.3, -0.25) is 9.59 Å². The molecular weight excluding hydrogens is 447 g/mol. The van der Waals surface area contributed by atoms with E-state index in [0.717, 1.165) is 6.07 Å². The molecule has 0 aliphatic carbocycles. The second-order valence-electron chi connectivity index (χ2n) is 7.82. The van der Waals surface area contributed by atoms with Gasteiger partial charge in [-0.15, -0.1) is 11.8 Å². The molecule has 1 aromatic rings. The van der Waals surface area contributed by atoms with E-state index in [2.05, 4.69) is 5.32 Å². The summed E-state index contributed by atoms with van der Waals surface area (Å²) >= 11 is 1.25. The first-order chi connectivity index (χ1) is 15.0. The molecule has 0 saturated carbocycles. The monoisotopic (exact) mass is 475 g/mol. The van der Waals surface area contributed by atoms with E-state index in [9.17, 15) is 27.6 Å². The molecule has 7 nitrogen and oxygen atoms in total. The van der Waals surface area contributed by atoms with E-state index in [4.69, 9.17) is 10.5 Å². The Morgan fingerprint density at radius 1 is 1.22 bits per heavy atom. The lowest BCUT2D eigenvalue weighted by atomic mass is 10.0. The Labute approximate surface area is 189 Å². The van der Waals surface area contributed by atoms with Gasteiger partial charge in [0.2, 0.25) is 5.91 Å². The van der Waals surface area contributed by atoms with Crippen molar-refractivity contribution >= 4 is 29.5 Å². The Morgan fingerprint density at radius 2 is 1.88 bits per heavy atom. The maximum absolute atomic E-state index is 13.9. The van der Waals surface area contributed by atoms with Crippen molar-refractivity contribution in [1.29, 1.82) is 0 Å². The molecule has 1 heterocycles. The summed E-state index contributed by atoms with van der Waals surface area (Å²) in [6.07, 6.45) is -0.390. The number of hydrogen-bond acceptors (Lipinski definition) is 6. The number of esters is 1. The van der Waals surface area contributed by atoms with Gasteiger partial charge in [-0.05, 0) is 30.9 Å². The fourth-order valence-corrected chi connectivity index (χ4v) is 4.46. The minimum absolute atomic E-state index is 0.136. The van der Waals surface area contributed by atoms with Crippen molar-refractivity contribution < 1.29 is 32.3 Å². The molecule has 1 aliphatic heterocycles. The normalized spacial score (nSPS) is 17.9. The van der Waals surface area contributed by atoms with Gasteiger partial charge in [0.1, 0.15) is 11.9 Å². The van der Waals surface area contributed by atoms with Crippen LogP contribution in [0.4, 0.5) is 13.2 Å². The van der Waals surface area contributed by atoms with E-state index in [-0.39, 0.29) is 30.9 Å². The van der Waals surface area contributed by atoms with Crippen LogP contribution < -0.4 is 11.1 Å². The van der Waals surface area contributed by atoms with Crippen molar-refractivity contribution in [2.45, 2.75) is 51.1 Å². The quantitative estimate of drug-likeness (QED) is 0.418. The Kier molecular flexibility index (Phi) is 9.38. The summed E-state index contributed by atoms with van der Waals surface area (Å²) < 4.78 is 45.3. The fourth-order valence-electron chi connectivity index (χ4n) is 3.31. The maximum atomic E-state index is 13.9. The highest BCUT2D eigenvalue weighted by Gasteiger charge is 2.37. The van der Waals surface area contributed by atoms with Crippen LogP contribution in [0.5, 0.6) is 0 Å². The van der Waals surface area contributed by atoms with Crippen molar-refractivity contribution in [3.8, 4) is 0 Å². The van der Waals surface area contributed by atoms with Crippen LogP contribution in [0.1, 0.15) is 32.8 Å². The van der Waals surface area contributed by atoms with Gasteiger partial charge >= 0.3 is 5.97 Å². The zero-order valence-electron chi connectivity index (χ0n) is 18.2. The molecule has 0 bridgehead atoms. The number of ether oxygens (including phenoxy) is 1. The average Bonchev–Trinajstić information content (AvgIpc) is 3.20. The van der Waals surface area contributed by atoms with E-state index in [1.165, 1.54) is 16.7 Å². The van der Waals surface area contributed by atoms with Gasteiger partial charge in [0.25, 0.3) is 5.91 Å². The largest absolute Gasteiger partial charge is 0.464 e. The fraction of sp³-hybridized carbons (Fsp3) is 0.571. The van der Waals surface area contributed by atoms with E-state index in [1.54, 1.807) is 20.8 Å². The predicted octanol–water partition coefficient (Wildman–Crippen LogP) is 1.97. The number of nitrogens with one attached hydrogen (secondary N) is 1. The highest BCUT2D eigenvalue weighted by atomic mass is 32.2. The first-order valence-electron chi connectivity index (χ1n) is 10.3. The van der Waals surface area contributed by atoms with E-state index in [1.807, 2.05) is 0 Å². The lowest BCUT2D eigenvalue weighted by Gasteiger charge is -2.27. The zero-order valence-corrected chi connectivity index (χ0v) is 19.0. The number of carbonyl (C=O) groups excluding carboxylic acids is 3. The second kappa shape index (κ2) is 11.6. The van der Waals surface area contributed by atoms with Crippen molar-refractivity contribution in [1.82, 2.24) is 10.2 Å². The summed E-state index contributed by atoms with van der Waals surface area (Å²) in [5.41, 5.74) is 5.81. The third kappa shape index (κ3) is 6.61. The van der Waals surface area contributed by atoms with Gasteiger partial charge in [-0.1, -0.05) is 13.8 Å². The molecule has 1 fully saturated rings. The van der Waals surface area contributed by atoms with Crippen LogP contribution >= 0.6 is 11.8 Å². The highest BCUT2D eigenvalue weighted by Crippen LogP contribution is 2.26. The molecule has 0 radical (unpaired) electrons. The molecule has 32 heavy (non-hydrogen) atoms. The van der Waals surface area contributed by atoms with Crippen LogP contribution in [0.25, 0.3) is 0 Å². The van der Waals surface area contributed by atoms with E-state index in [0.29, 0.717) is 18.4 Å². The molecule has 2 rings (SSSR count). The number of rotatable bonds is 9. The van der Waals surface area contributed by atoms with Crippen LogP contribution in [0, 0.1) is 23.4 Å². The molecule has 11 heteroatoms. The van der Waals surface area contributed by atoms with E-state index >= 15 is 0 Å². The summed E-state index contributed by atoms with van der Waals surface area (Å²) in [6.45, 7) is 5.68. The molecule has 0 aromatic heterocycles. The first kappa shape index (κ1) is 26.0. The number of hydrogen-bond donors (Lipinski definition) is 2. The van der Waals surface area contributed by atoms with Gasteiger partial charge in [0, 0.05) is 30.8 Å². The van der Waals surface area contributed by atoms with E-state index < -0.39 is 52.7 Å². The third-order valence-electron chi connectivity index (χ3n) is 4.95. The summed E-state index contributed by atoms with van der Waals surface area (Å²) in [7, 11) is 0. The summed E-state index contributed by atoms with van der Waals surface area (Å²) in [6, 6.07) is -0.553. The minimum atomic E-state index is -1.30. The van der Waals surface area contributed by atoms with Crippen molar-refractivity contribution in [3.63, 3.8) is 0 Å². The molecule has 178 valence electrons. The lowest BCUT2D eigenvalue weighted by Crippen LogP contribution is -2.52. The van der Waals surface area contributed by atoms with Crippen LogP contribution in [0.2, 0.25) is 0 Å². The standard InChI is InChI=1S/C21H28F3N3O4S/c1-4-31-21(30)18(11(2)3)26-19(29)20-27(5-6-32-20)17(28)9-13(25)7-12-8-15(23)16(24)10-14(12)22/h8,10-11,13,18,20H,4-7,9,25H2,1-3H3,(H,26,29)/t13-,18?,20+/m1/s1. The molecule has 0 spiro atoms. The summed E-state index contributed by atoms with van der Waals surface area (Å²) in [5.74, 6) is -4.62. The Balaban J connectivity index is 2.01. The number of thioether (sulfide) groups is 1. The van der Waals surface area contributed by atoms with Gasteiger partial charge in [0.15, 0.2) is 17.0 Å². The molecular formula is C21H28F3N3O4S. The third-order valence-corrected chi connectivity index (χ3v) is 6.15. The minimum Gasteiger partial charge on any atom is -0.464 e. The highest BCUT2D eigenvalue weighted by molar-refractivity contribution is 8.00. The van der Waals surface area contributed by atoms with Crippen molar-refractivity contribution in [3.05, 3.63) is 35.1 Å². The van der Waals surface area contributed by atoms with Crippen LogP contribution in [0.3, 0.4) is 0 Å². The van der Waals surface area contributed by atoms with Crippen LogP contribution in [-0.2, 0) is 25.5 Å². The molecule has 1 unspecified atom stereocenters. The van der Waals surface area contributed by atoms with Crippen LogP contribution in [-0.4, -0.2) is 59.0 Å². The van der Waals surface area contributed by atoms with Gasteiger partial charge in [-0.25, -0.2) is 18.0 Å². The second-order valence-corrected chi connectivity index (χ2v) is 9.01. The number of amides is 2.